The highest BCUT2D eigenvalue weighted by atomic mass is 35.5. The van der Waals surface area contributed by atoms with E-state index in [4.69, 9.17) is 23.2 Å². The summed E-state index contributed by atoms with van der Waals surface area (Å²) in [6.45, 7) is 3.46. The molecule has 0 bridgehead atoms. The highest BCUT2D eigenvalue weighted by molar-refractivity contribution is 6.33. The SMILES string of the molecule is Cc1[nH]n(-c2cccc(Cl)c2C)c(=O)c1N=Nc1cc([N+](=O)[O-])ccc1Cl. The van der Waals surface area contributed by atoms with Crippen molar-refractivity contribution in [2.24, 2.45) is 10.2 Å². The highest BCUT2D eigenvalue weighted by Gasteiger charge is 2.15. The number of hydrogen-bond acceptors (Lipinski definition) is 5. The molecular formula is C17H13Cl2N5O3. The third kappa shape index (κ3) is 3.62. The van der Waals surface area contributed by atoms with Crippen LogP contribution in [0.1, 0.15) is 11.3 Å². The maximum Gasteiger partial charge on any atom is 0.299 e. The lowest BCUT2D eigenvalue weighted by Crippen LogP contribution is -2.15. The van der Waals surface area contributed by atoms with Gasteiger partial charge >= 0.3 is 0 Å². The molecule has 8 nitrogen and oxygen atoms in total. The van der Waals surface area contributed by atoms with Crippen LogP contribution in [0.25, 0.3) is 5.69 Å². The summed E-state index contributed by atoms with van der Waals surface area (Å²) < 4.78 is 1.32. The summed E-state index contributed by atoms with van der Waals surface area (Å²) in [5.41, 5.74) is 1.35. The summed E-state index contributed by atoms with van der Waals surface area (Å²) in [6, 6.07) is 9.01. The van der Waals surface area contributed by atoms with Crippen molar-refractivity contribution in [3.63, 3.8) is 0 Å². The smallest absolute Gasteiger partial charge is 0.293 e. The Morgan fingerprint density at radius 1 is 1.11 bits per heavy atom. The zero-order chi connectivity index (χ0) is 19.7. The number of rotatable bonds is 4. The summed E-state index contributed by atoms with van der Waals surface area (Å²) in [7, 11) is 0. The molecule has 138 valence electrons. The van der Waals surface area contributed by atoms with Crippen LogP contribution in [0.5, 0.6) is 0 Å². The predicted octanol–water partition coefficient (Wildman–Crippen LogP) is 5.41. The molecule has 0 aliphatic rings. The number of aromatic nitrogens is 2. The van der Waals surface area contributed by atoms with Crippen molar-refractivity contribution in [2.45, 2.75) is 13.8 Å². The van der Waals surface area contributed by atoms with Gasteiger partial charge in [0.1, 0.15) is 5.69 Å². The maximum absolute atomic E-state index is 12.7. The topological polar surface area (TPSA) is 106 Å². The van der Waals surface area contributed by atoms with E-state index in [9.17, 15) is 14.9 Å². The molecule has 27 heavy (non-hydrogen) atoms. The molecule has 1 heterocycles. The van der Waals surface area contributed by atoms with Crippen LogP contribution >= 0.6 is 23.2 Å². The van der Waals surface area contributed by atoms with E-state index in [0.29, 0.717) is 16.4 Å². The number of aromatic amines is 1. The average Bonchev–Trinajstić information content (AvgIpc) is 2.90. The molecule has 0 fully saturated rings. The van der Waals surface area contributed by atoms with Crippen molar-refractivity contribution in [3.8, 4) is 5.69 Å². The first-order chi connectivity index (χ1) is 12.8. The van der Waals surface area contributed by atoms with Crippen molar-refractivity contribution in [1.29, 1.82) is 0 Å². The van der Waals surface area contributed by atoms with Crippen LogP contribution in [0, 0.1) is 24.0 Å². The number of hydrogen-bond donors (Lipinski definition) is 1. The second-order valence-electron chi connectivity index (χ2n) is 5.70. The summed E-state index contributed by atoms with van der Waals surface area (Å²) in [4.78, 5) is 23.1. The Kier molecular flexibility index (Phi) is 5.11. The Bertz CT molecular complexity index is 1130. The number of nitrogens with one attached hydrogen (secondary N) is 1. The Morgan fingerprint density at radius 3 is 2.56 bits per heavy atom. The van der Waals surface area contributed by atoms with Gasteiger partial charge < -0.3 is 0 Å². The first-order valence-corrected chi connectivity index (χ1v) is 8.48. The molecule has 1 N–H and O–H groups in total. The van der Waals surface area contributed by atoms with Crippen molar-refractivity contribution >= 4 is 40.3 Å². The minimum absolute atomic E-state index is 0.0666. The van der Waals surface area contributed by atoms with Crippen LogP contribution in [-0.4, -0.2) is 14.7 Å². The second kappa shape index (κ2) is 7.34. The van der Waals surface area contributed by atoms with Crippen LogP contribution in [0.2, 0.25) is 10.0 Å². The molecule has 10 heteroatoms. The third-order valence-corrected chi connectivity index (χ3v) is 4.65. The Labute approximate surface area is 163 Å². The van der Waals surface area contributed by atoms with E-state index >= 15 is 0 Å². The van der Waals surface area contributed by atoms with Crippen molar-refractivity contribution in [3.05, 3.63) is 78.2 Å². The lowest BCUT2D eigenvalue weighted by Gasteiger charge is -2.06. The molecule has 0 amide bonds. The fourth-order valence-corrected chi connectivity index (χ4v) is 2.78. The third-order valence-electron chi connectivity index (χ3n) is 3.92. The van der Waals surface area contributed by atoms with Crippen molar-refractivity contribution < 1.29 is 4.92 Å². The fourth-order valence-electron chi connectivity index (χ4n) is 2.46. The van der Waals surface area contributed by atoms with Crippen molar-refractivity contribution in [1.82, 2.24) is 9.78 Å². The van der Waals surface area contributed by atoms with Crippen molar-refractivity contribution in [2.75, 3.05) is 0 Å². The molecule has 0 aliphatic heterocycles. The number of aryl methyl sites for hydroxylation is 1. The molecule has 0 saturated carbocycles. The van der Waals surface area contributed by atoms with Gasteiger partial charge in [-0.3, -0.25) is 20.0 Å². The number of nitro benzene ring substituents is 1. The standard InChI is InChI=1S/C17H13Cl2N5O3/c1-9-12(18)4-3-5-15(9)23-17(25)16(10(2)22-23)21-20-14-8-11(24(26)27)6-7-13(14)19/h3-8,22H,1-2H3. The van der Waals surface area contributed by atoms with Gasteiger partial charge in [0.05, 0.1) is 21.3 Å². The molecule has 0 radical (unpaired) electrons. The Balaban J connectivity index is 2.05. The lowest BCUT2D eigenvalue weighted by molar-refractivity contribution is -0.384. The first kappa shape index (κ1) is 18.8. The minimum atomic E-state index is -0.564. The monoisotopic (exact) mass is 405 g/mol. The quantitative estimate of drug-likeness (QED) is 0.356. The molecule has 0 saturated heterocycles. The van der Waals surface area contributed by atoms with Gasteiger partial charge in [-0.25, -0.2) is 4.68 Å². The van der Waals surface area contributed by atoms with Crippen LogP contribution < -0.4 is 5.56 Å². The molecule has 0 aliphatic carbocycles. The average molecular weight is 406 g/mol. The summed E-state index contributed by atoms with van der Waals surface area (Å²) in [5, 5.41) is 22.4. The lowest BCUT2D eigenvalue weighted by atomic mass is 10.2. The number of non-ortho nitro benzene ring substituents is 1. The van der Waals surface area contributed by atoms with Gasteiger partial charge in [0.2, 0.25) is 0 Å². The second-order valence-corrected chi connectivity index (χ2v) is 6.52. The number of halogens is 2. The number of nitro groups is 1. The predicted molar refractivity (Wildman–Crippen MR) is 103 cm³/mol. The van der Waals surface area contributed by atoms with E-state index in [1.54, 1.807) is 32.0 Å². The largest absolute Gasteiger partial charge is 0.299 e. The molecule has 3 aromatic rings. The van der Waals surface area contributed by atoms with Gasteiger partial charge in [-0.15, -0.1) is 10.2 Å². The van der Waals surface area contributed by atoms with Crippen LogP contribution in [0.4, 0.5) is 17.1 Å². The normalized spacial score (nSPS) is 11.3. The summed E-state index contributed by atoms with van der Waals surface area (Å²) >= 11 is 12.1. The Hall–Kier alpha value is -2.97. The van der Waals surface area contributed by atoms with Gasteiger partial charge in [0.25, 0.3) is 11.2 Å². The van der Waals surface area contributed by atoms with E-state index in [-0.39, 0.29) is 22.1 Å². The first-order valence-electron chi connectivity index (χ1n) is 7.72. The minimum Gasteiger partial charge on any atom is -0.293 e. The van der Waals surface area contributed by atoms with Gasteiger partial charge in [0.15, 0.2) is 5.69 Å². The zero-order valence-electron chi connectivity index (χ0n) is 14.2. The summed E-state index contributed by atoms with van der Waals surface area (Å²) in [6.07, 6.45) is 0. The van der Waals surface area contributed by atoms with Gasteiger partial charge in [-0.2, -0.15) is 0 Å². The number of H-pyrrole nitrogens is 1. The van der Waals surface area contributed by atoms with E-state index in [2.05, 4.69) is 15.3 Å². The maximum atomic E-state index is 12.7. The zero-order valence-corrected chi connectivity index (χ0v) is 15.7. The molecule has 3 rings (SSSR count). The Morgan fingerprint density at radius 2 is 1.85 bits per heavy atom. The van der Waals surface area contributed by atoms with Gasteiger partial charge in [-0.05, 0) is 37.6 Å². The highest BCUT2D eigenvalue weighted by Crippen LogP contribution is 2.31. The van der Waals surface area contributed by atoms with Gasteiger partial charge in [-0.1, -0.05) is 29.3 Å². The van der Waals surface area contributed by atoms with Crippen LogP contribution in [0.3, 0.4) is 0 Å². The van der Waals surface area contributed by atoms with E-state index in [0.717, 1.165) is 5.56 Å². The molecule has 0 unspecified atom stereocenters. The van der Waals surface area contributed by atoms with Gasteiger partial charge in [0, 0.05) is 17.2 Å². The molecule has 2 aromatic carbocycles. The fraction of sp³-hybridized carbons (Fsp3) is 0.118. The van der Waals surface area contributed by atoms with E-state index < -0.39 is 10.5 Å². The summed E-state index contributed by atoms with van der Waals surface area (Å²) in [5.74, 6) is 0. The van der Waals surface area contributed by atoms with Crippen LogP contribution in [0.15, 0.2) is 51.4 Å². The molecule has 1 aromatic heterocycles. The van der Waals surface area contributed by atoms with Crippen LogP contribution in [-0.2, 0) is 0 Å². The molecule has 0 atom stereocenters. The molecule has 0 spiro atoms. The number of benzene rings is 2. The number of nitrogens with zero attached hydrogens (tertiary/aromatic N) is 4. The van der Waals surface area contributed by atoms with E-state index in [1.807, 2.05) is 0 Å². The number of azo groups is 1. The molecular weight excluding hydrogens is 393 g/mol. The van der Waals surface area contributed by atoms with E-state index in [1.165, 1.54) is 22.9 Å².